The lowest BCUT2D eigenvalue weighted by atomic mass is 9.97. The smallest absolute Gasteiger partial charge is 0.145 e. The van der Waals surface area contributed by atoms with Gasteiger partial charge in [-0.05, 0) is 101 Å². The summed E-state index contributed by atoms with van der Waals surface area (Å²) < 4.78 is 9.26. The van der Waals surface area contributed by atoms with Crippen molar-refractivity contribution in [3.05, 3.63) is 218 Å². The number of hydrogen-bond acceptors (Lipinski definition) is 2. The normalized spacial score (nSPS) is 11.5. The molecule has 2 heterocycles. The van der Waals surface area contributed by atoms with Crippen molar-refractivity contribution in [3.63, 3.8) is 0 Å². The molecule has 57 heavy (non-hydrogen) atoms. The molecule has 0 bridgehead atoms. The summed E-state index contributed by atoms with van der Waals surface area (Å²) in [5, 5.41) is 4.65. The minimum Gasteiger partial charge on any atom is -0.455 e. The van der Waals surface area contributed by atoms with Gasteiger partial charge < -0.3 is 13.9 Å². The second-order valence-corrected chi connectivity index (χ2v) is 14.5. The summed E-state index contributed by atoms with van der Waals surface area (Å²) in [4.78, 5) is 2.37. The van der Waals surface area contributed by atoms with Crippen LogP contribution in [0.3, 0.4) is 0 Å². The van der Waals surface area contributed by atoms with Crippen molar-refractivity contribution in [3.8, 4) is 39.1 Å². The first kappa shape index (κ1) is 32.8. The van der Waals surface area contributed by atoms with Crippen molar-refractivity contribution in [2.45, 2.75) is 0 Å². The highest BCUT2D eigenvalue weighted by Crippen LogP contribution is 2.47. The summed E-state index contributed by atoms with van der Waals surface area (Å²) in [6, 6.07) is 78.0. The van der Waals surface area contributed by atoms with Gasteiger partial charge in [0.1, 0.15) is 11.2 Å². The number of fused-ring (bicyclic) bond motifs is 6. The van der Waals surface area contributed by atoms with Crippen LogP contribution in [-0.2, 0) is 0 Å². The second-order valence-electron chi connectivity index (χ2n) is 14.5. The fourth-order valence-corrected chi connectivity index (χ4v) is 8.58. The first-order valence-corrected chi connectivity index (χ1v) is 19.4. The van der Waals surface area contributed by atoms with E-state index in [4.69, 9.17) is 4.42 Å². The van der Waals surface area contributed by atoms with Gasteiger partial charge in [-0.25, -0.2) is 0 Å². The van der Waals surface area contributed by atoms with Crippen LogP contribution in [0, 0.1) is 0 Å². The summed E-state index contributed by atoms with van der Waals surface area (Å²) >= 11 is 0. The lowest BCUT2D eigenvalue weighted by Crippen LogP contribution is -2.10. The van der Waals surface area contributed by atoms with Crippen LogP contribution >= 0.6 is 0 Å². The average molecular weight is 729 g/mol. The van der Waals surface area contributed by atoms with E-state index >= 15 is 0 Å². The van der Waals surface area contributed by atoms with Crippen LogP contribution in [-0.4, -0.2) is 4.57 Å². The Kier molecular flexibility index (Phi) is 7.82. The van der Waals surface area contributed by atoms with Crippen LogP contribution in [0.1, 0.15) is 0 Å². The number of rotatable bonds is 7. The molecule has 3 nitrogen and oxygen atoms in total. The van der Waals surface area contributed by atoms with Gasteiger partial charge in [0.15, 0.2) is 0 Å². The van der Waals surface area contributed by atoms with Crippen molar-refractivity contribution >= 4 is 60.8 Å². The maximum Gasteiger partial charge on any atom is 0.145 e. The molecule has 0 aliphatic heterocycles. The molecule has 0 aliphatic carbocycles. The van der Waals surface area contributed by atoms with Crippen molar-refractivity contribution in [2.24, 2.45) is 0 Å². The fourth-order valence-electron chi connectivity index (χ4n) is 8.58. The maximum absolute atomic E-state index is 6.89. The highest BCUT2D eigenvalue weighted by Gasteiger charge is 2.23. The van der Waals surface area contributed by atoms with Crippen LogP contribution in [0.4, 0.5) is 17.1 Å². The number of anilines is 3. The second kappa shape index (κ2) is 13.6. The van der Waals surface area contributed by atoms with Gasteiger partial charge in [-0.1, -0.05) is 146 Å². The first-order valence-electron chi connectivity index (χ1n) is 19.4. The standard InChI is InChI=1S/C54H36N2O/c1-3-16-37(17-4-1)38-18-13-19-39(34-38)40-20-14-24-43(35-40)55(42-22-5-2-6-23-42)51-33-32-45(54-53(51)48-28-9-12-31-52(48)57-54)41-21-15-25-44(36-41)56-49-29-10-7-26-46(49)47-27-8-11-30-50(47)56/h1-36H. The molecule has 0 unspecified atom stereocenters. The van der Waals surface area contributed by atoms with Crippen molar-refractivity contribution in [1.29, 1.82) is 0 Å². The van der Waals surface area contributed by atoms with E-state index in [0.29, 0.717) is 0 Å². The molecule has 0 spiro atoms. The van der Waals surface area contributed by atoms with Gasteiger partial charge in [0.2, 0.25) is 0 Å². The van der Waals surface area contributed by atoms with E-state index < -0.39 is 0 Å². The Hall–Kier alpha value is -7.62. The summed E-state index contributed by atoms with van der Waals surface area (Å²) in [5.41, 5.74) is 15.3. The predicted octanol–water partition coefficient (Wildman–Crippen LogP) is 15.2. The van der Waals surface area contributed by atoms with E-state index in [0.717, 1.165) is 61.4 Å². The number of aromatic nitrogens is 1. The third-order valence-corrected chi connectivity index (χ3v) is 11.2. The molecule has 0 N–H and O–H groups in total. The van der Waals surface area contributed by atoms with E-state index in [1.54, 1.807) is 0 Å². The molecule has 9 aromatic carbocycles. The third-order valence-electron chi connectivity index (χ3n) is 11.2. The number of nitrogens with zero attached hydrogens (tertiary/aromatic N) is 2. The summed E-state index contributed by atoms with van der Waals surface area (Å²) in [6.07, 6.45) is 0. The van der Waals surface area contributed by atoms with Gasteiger partial charge in [0.25, 0.3) is 0 Å². The molecule has 0 aliphatic rings. The molecule has 3 heteroatoms. The van der Waals surface area contributed by atoms with E-state index in [1.807, 2.05) is 0 Å². The van der Waals surface area contributed by atoms with Crippen LogP contribution in [0.2, 0.25) is 0 Å². The summed E-state index contributed by atoms with van der Waals surface area (Å²) in [5.74, 6) is 0. The Morgan fingerprint density at radius 1 is 0.368 bits per heavy atom. The lowest BCUT2D eigenvalue weighted by Gasteiger charge is -2.27. The molecular formula is C54H36N2O. The monoisotopic (exact) mass is 728 g/mol. The van der Waals surface area contributed by atoms with Gasteiger partial charge in [-0.3, -0.25) is 0 Å². The number of furan rings is 1. The van der Waals surface area contributed by atoms with Gasteiger partial charge in [-0.15, -0.1) is 0 Å². The molecule has 0 fully saturated rings. The number of benzene rings is 9. The Morgan fingerprint density at radius 2 is 0.912 bits per heavy atom. The van der Waals surface area contributed by atoms with E-state index in [9.17, 15) is 0 Å². The van der Waals surface area contributed by atoms with E-state index in [2.05, 4.69) is 228 Å². The van der Waals surface area contributed by atoms with Crippen molar-refractivity contribution in [2.75, 3.05) is 4.90 Å². The van der Waals surface area contributed by atoms with Gasteiger partial charge in [0.05, 0.1) is 22.1 Å². The Bertz CT molecular complexity index is 3190. The van der Waals surface area contributed by atoms with Crippen LogP contribution in [0.5, 0.6) is 0 Å². The molecule has 0 atom stereocenters. The van der Waals surface area contributed by atoms with E-state index in [-0.39, 0.29) is 0 Å². The summed E-state index contributed by atoms with van der Waals surface area (Å²) in [6.45, 7) is 0. The molecule has 268 valence electrons. The zero-order chi connectivity index (χ0) is 37.7. The Labute approximate surface area is 330 Å². The molecule has 0 amide bonds. The summed E-state index contributed by atoms with van der Waals surface area (Å²) in [7, 11) is 0. The highest BCUT2D eigenvalue weighted by molar-refractivity contribution is 6.17. The van der Waals surface area contributed by atoms with Crippen molar-refractivity contribution in [1.82, 2.24) is 4.57 Å². The SMILES string of the molecule is c1ccc(-c2cccc(-c3cccc(N(c4ccccc4)c4ccc(-c5cccc(-n6c7ccccc7c7ccccc76)c5)c5oc6ccccc6c45)c3)c2)cc1. The molecule has 11 aromatic rings. The quantitative estimate of drug-likeness (QED) is 0.163. The molecule has 0 radical (unpaired) electrons. The Morgan fingerprint density at radius 3 is 1.67 bits per heavy atom. The van der Waals surface area contributed by atoms with Crippen LogP contribution in [0.25, 0.3) is 82.8 Å². The molecular weight excluding hydrogens is 693 g/mol. The van der Waals surface area contributed by atoms with Crippen LogP contribution < -0.4 is 4.90 Å². The Balaban J connectivity index is 1.09. The van der Waals surface area contributed by atoms with Crippen LogP contribution in [0.15, 0.2) is 223 Å². The largest absolute Gasteiger partial charge is 0.455 e. The minimum atomic E-state index is 0.860. The zero-order valence-corrected chi connectivity index (χ0v) is 31.1. The number of hydrogen-bond donors (Lipinski definition) is 0. The number of para-hydroxylation sites is 4. The first-order chi connectivity index (χ1) is 28.3. The fraction of sp³-hybridized carbons (Fsp3) is 0. The maximum atomic E-state index is 6.89. The van der Waals surface area contributed by atoms with Gasteiger partial charge >= 0.3 is 0 Å². The van der Waals surface area contributed by atoms with Gasteiger partial charge in [-0.2, -0.15) is 0 Å². The molecule has 0 saturated heterocycles. The molecule has 11 rings (SSSR count). The van der Waals surface area contributed by atoms with Gasteiger partial charge in [0, 0.05) is 38.8 Å². The van der Waals surface area contributed by atoms with Crippen molar-refractivity contribution < 1.29 is 4.42 Å². The van der Waals surface area contributed by atoms with E-state index in [1.165, 1.54) is 38.5 Å². The average Bonchev–Trinajstić information content (AvgIpc) is 3.84. The predicted molar refractivity (Wildman–Crippen MR) is 239 cm³/mol. The molecule has 2 aromatic heterocycles. The molecule has 0 saturated carbocycles. The lowest BCUT2D eigenvalue weighted by molar-refractivity contribution is 0.670. The minimum absolute atomic E-state index is 0.860. The highest BCUT2D eigenvalue weighted by atomic mass is 16.3. The topological polar surface area (TPSA) is 21.3 Å². The zero-order valence-electron chi connectivity index (χ0n) is 31.1. The third kappa shape index (κ3) is 5.60.